The van der Waals surface area contributed by atoms with Crippen LogP contribution in [0.15, 0.2) is 79.0 Å². The molecule has 0 aliphatic heterocycles. The second-order valence-corrected chi connectivity index (χ2v) is 8.57. The Morgan fingerprint density at radius 2 is 1.81 bits per heavy atom. The van der Waals surface area contributed by atoms with Gasteiger partial charge in [0.25, 0.3) is 5.91 Å². The number of nitrogens with one attached hydrogen (secondary N) is 2. The van der Waals surface area contributed by atoms with Crippen molar-refractivity contribution in [2.24, 2.45) is 0 Å². The summed E-state index contributed by atoms with van der Waals surface area (Å²) in [6, 6.07) is 21.0. The zero-order valence-corrected chi connectivity index (χ0v) is 18.0. The van der Waals surface area contributed by atoms with Crippen LogP contribution in [0.2, 0.25) is 0 Å². The molecule has 2 heterocycles. The molecule has 31 heavy (non-hydrogen) atoms. The number of aryl methyl sites for hydroxylation is 2. The first kappa shape index (κ1) is 20.8. The van der Waals surface area contributed by atoms with Crippen LogP contribution in [0.1, 0.15) is 38.0 Å². The Balaban J connectivity index is 1.73. The number of rotatable bonds is 6. The second-order valence-electron chi connectivity index (χ2n) is 7.31. The Labute approximate surface area is 184 Å². The Bertz CT molecular complexity index is 1210. The lowest BCUT2D eigenvalue weighted by molar-refractivity contribution is 0.102. The number of nitrogens with zero attached hydrogens (tertiary/aromatic N) is 1. The minimum Gasteiger partial charge on any atom is -0.359 e. The summed E-state index contributed by atoms with van der Waals surface area (Å²) in [5.41, 5.74) is 3.25. The second kappa shape index (κ2) is 9.10. The minimum atomic E-state index is -0.388. The molecule has 0 aliphatic carbocycles. The van der Waals surface area contributed by atoms with E-state index in [0.717, 1.165) is 26.6 Å². The zero-order valence-electron chi connectivity index (χ0n) is 17.2. The van der Waals surface area contributed by atoms with Gasteiger partial charge in [-0.3, -0.25) is 4.79 Å². The van der Waals surface area contributed by atoms with Crippen molar-refractivity contribution < 1.29 is 9.18 Å². The minimum absolute atomic E-state index is 0.185. The van der Waals surface area contributed by atoms with E-state index >= 15 is 0 Å². The summed E-state index contributed by atoms with van der Waals surface area (Å²) >= 11 is 1.49. The summed E-state index contributed by atoms with van der Waals surface area (Å²) in [7, 11) is 0. The summed E-state index contributed by atoms with van der Waals surface area (Å²) < 4.78 is 14.1. The van der Waals surface area contributed by atoms with Gasteiger partial charge in [0.05, 0.1) is 6.04 Å². The van der Waals surface area contributed by atoms with Gasteiger partial charge < -0.3 is 10.6 Å². The molecule has 0 fully saturated rings. The normalized spacial score (nSPS) is 11.7. The van der Waals surface area contributed by atoms with E-state index in [1.165, 1.54) is 23.5 Å². The summed E-state index contributed by atoms with van der Waals surface area (Å²) in [5, 5.41) is 7.18. The number of halogens is 1. The first-order chi connectivity index (χ1) is 15.0. The largest absolute Gasteiger partial charge is 0.359 e. The molecule has 0 aliphatic rings. The van der Waals surface area contributed by atoms with Crippen molar-refractivity contribution in [2.45, 2.75) is 19.9 Å². The number of hydrogen-bond donors (Lipinski definition) is 2. The third-order valence-corrected chi connectivity index (χ3v) is 5.83. The molecule has 4 aromatic rings. The molecule has 6 heteroatoms. The Hall–Kier alpha value is -3.51. The molecule has 4 nitrogen and oxygen atoms in total. The number of carbonyl (C=O) groups excluding carboxylic acids is 1. The molecule has 156 valence electrons. The van der Waals surface area contributed by atoms with Crippen molar-refractivity contribution in [3.05, 3.63) is 112 Å². The van der Waals surface area contributed by atoms with Gasteiger partial charge in [0.1, 0.15) is 16.6 Å². The van der Waals surface area contributed by atoms with Gasteiger partial charge in [0, 0.05) is 22.2 Å². The number of amides is 1. The monoisotopic (exact) mass is 431 g/mol. The third kappa shape index (κ3) is 4.98. The zero-order chi connectivity index (χ0) is 21.8. The van der Waals surface area contributed by atoms with E-state index in [9.17, 15) is 9.18 Å². The highest BCUT2D eigenvalue weighted by Gasteiger charge is 2.22. The summed E-state index contributed by atoms with van der Waals surface area (Å²) in [4.78, 5) is 18.2. The molecule has 2 aromatic carbocycles. The van der Waals surface area contributed by atoms with Crippen LogP contribution in [-0.2, 0) is 0 Å². The van der Waals surface area contributed by atoms with Gasteiger partial charge in [-0.25, -0.2) is 9.37 Å². The van der Waals surface area contributed by atoms with Gasteiger partial charge in [-0.1, -0.05) is 30.3 Å². The lowest BCUT2D eigenvalue weighted by atomic mass is 9.99. The maximum Gasteiger partial charge on any atom is 0.256 e. The van der Waals surface area contributed by atoms with Crippen molar-refractivity contribution >= 4 is 28.1 Å². The number of aromatic nitrogens is 1. The van der Waals surface area contributed by atoms with Crippen LogP contribution in [-0.4, -0.2) is 10.9 Å². The molecule has 2 aromatic heterocycles. The summed E-state index contributed by atoms with van der Waals surface area (Å²) in [5.74, 6) is 0.178. The van der Waals surface area contributed by atoms with E-state index in [1.807, 2.05) is 56.3 Å². The highest BCUT2D eigenvalue weighted by atomic mass is 32.1. The fourth-order valence-corrected chi connectivity index (χ4v) is 4.35. The Kier molecular flexibility index (Phi) is 6.09. The fourth-order valence-electron chi connectivity index (χ4n) is 3.40. The van der Waals surface area contributed by atoms with Crippen molar-refractivity contribution in [2.75, 3.05) is 10.6 Å². The molecule has 0 saturated carbocycles. The van der Waals surface area contributed by atoms with Gasteiger partial charge in [0.2, 0.25) is 0 Å². The smallest absolute Gasteiger partial charge is 0.256 e. The maximum atomic E-state index is 14.1. The molecule has 0 radical (unpaired) electrons. The van der Waals surface area contributed by atoms with Crippen LogP contribution in [0.3, 0.4) is 0 Å². The van der Waals surface area contributed by atoms with Gasteiger partial charge in [-0.05, 0) is 67.4 Å². The lowest BCUT2D eigenvalue weighted by Gasteiger charge is -2.21. The Morgan fingerprint density at radius 1 is 1.00 bits per heavy atom. The fraction of sp³-hybridized carbons (Fsp3) is 0.120. The number of carbonyl (C=O) groups is 1. The molecular weight excluding hydrogens is 409 g/mol. The predicted octanol–water partition coefficient (Wildman–Crippen LogP) is 6.35. The molecule has 0 bridgehead atoms. The van der Waals surface area contributed by atoms with Crippen LogP contribution < -0.4 is 10.6 Å². The average molecular weight is 432 g/mol. The van der Waals surface area contributed by atoms with Gasteiger partial charge >= 0.3 is 0 Å². The average Bonchev–Trinajstić information content (AvgIpc) is 3.12. The van der Waals surface area contributed by atoms with Crippen molar-refractivity contribution in [3.8, 4) is 0 Å². The Morgan fingerprint density at radius 3 is 2.55 bits per heavy atom. The van der Waals surface area contributed by atoms with Crippen molar-refractivity contribution in [3.63, 3.8) is 0 Å². The highest BCUT2D eigenvalue weighted by molar-refractivity contribution is 7.16. The van der Waals surface area contributed by atoms with E-state index in [4.69, 9.17) is 0 Å². The predicted molar refractivity (Wildman–Crippen MR) is 124 cm³/mol. The quantitative estimate of drug-likeness (QED) is 0.374. The van der Waals surface area contributed by atoms with Crippen LogP contribution in [0.25, 0.3) is 0 Å². The first-order valence-electron chi connectivity index (χ1n) is 9.91. The molecular formula is C25H22FN3OS. The third-order valence-electron chi connectivity index (χ3n) is 4.85. The number of hydrogen-bond acceptors (Lipinski definition) is 4. The molecule has 4 rings (SSSR count). The van der Waals surface area contributed by atoms with E-state index < -0.39 is 0 Å². The number of benzene rings is 2. The standard InChI is InChI=1S/C25H22FN3OS/c1-16-11-12-27-22(13-16)28-23(19-9-6-10-20(26)15-19)21-14-17(2)31-25(21)29-24(30)18-7-4-3-5-8-18/h3-15,23H,1-2H3,(H,27,28)(H,29,30). The molecule has 1 amide bonds. The topological polar surface area (TPSA) is 54.0 Å². The van der Waals surface area contributed by atoms with Gasteiger partial charge in [-0.15, -0.1) is 11.3 Å². The highest BCUT2D eigenvalue weighted by Crippen LogP contribution is 2.37. The number of pyridine rings is 1. The van der Waals surface area contributed by atoms with Gasteiger partial charge in [0.15, 0.2) is 0 Å². The molecule has 1 unspecified atom stereocenters. The first-order valence-corrected chi connectivity index (χ1v) is 10.7. The van der Waals surface area contributed by atoms with Crippen molar-refractivity contribution in [1.82, 2.24) is 4.98 Å². The molecule has 1 atom stereocenters. The molecule has 0 spiro atoms. The van der Waals surface area contributed by atoms with Gasteiger partial charge in [-0.2, -0.15) is 0 Å². The summed E-state index contributed by atoms with van der Waals surface area (Å²) in [6.45, 7) is 3.98. The van der Waals surface area contributed by atoms with E-state index in [2.05, 4.69) is 15.6 Å². The number of thiophene rings is 1. The van der Waals surface area contributed by atoms with Crippen LogP contribution >= 0.6 is 11.3 Å². The lowest BCUT2D eigenvalue weighted by Crippen LogP contribution is -2.17. The summed E-state index contributed by atoms with van der Waals surface area (Å²) in [6.07, 6.45) is 1.73. The van der Waals surface area contributed by atoms with Crippen LogP contribution in [0.4, 0.5) is 15.2 Å². The SMILES string of the molecule is Cc1ccnc(NC(c2cccc(F)c2)c2cc(C)sc2NC(=O)c2ccccc2)c1. The van der Waals surface area contributed by atoms with Crippen molar-refractivity contribution in [1.29, 1.82) is 0 Å². The van der Waals surface area contributed by atoms with Crippen LogP contribution in [0.5, 0.6) is 0 Å². The van der Waals surface area contributed by atoms with E-state index in [-0.39, 0.29) is 17.8 Å². The number of anilines is 2. The molecule has 2 N–H and O–H groups in total. The molecule has 0 saturated heterocycles. The van der Waals surface area contributed by atoms with Crippen LogP contribution in [0, 0.1) is 19.7 Å². The van der Waals surface area contributed by atoms with E-state index in [1.54, 1.807) is 24.4 Å². The van der Waals surface area contributed by atoms with E-state index in [0.29, 0.717) is 11.4 Å². The maximum absolute atomic E-state index is 14.1.